The van der Waals surface area contributed by atoms with Crippen LogP contribution in [0.4, 0.5) is 8.78 Å². The maximum Gasteiger partial charge on any atom is 0.384 e. The number of aryl methyl sites for hydroxylation is 1. The molecule has 0 atom stereocenters. The summed E-state index contributed by atoms with van der Waals surface area (Å²) in [6.07, 6.45) is 0.797. The Balaban J connectivity index is 2.93. The van der Waals surface area contributed by atoms with E-state index in [9.17, 15) is 13.6 Å². The molecule has 0 saturated carbocycles. The lowest BCUT2D eigenvalue weighted by Gasteiger charge is -2.06. The first-order valence-electron chi connectivity index (χ1n) is 4.15. The molecule has 0 aromatic heterocycles. The Bertz CT molecular complexity index is 327. The van der Waals surface area contributed by atoms with Gasteiger partial charge in [0.15, 0.2) is 0 Å². The molecule has 0 aliphatic heterocycles. The normalized spacial score (nSPS) is 11.4. The van der Waals surface area contributed by atoms with Gasteiger partial charge < -0.3 is 0 Å². The topological polar surface area (TPSA) is 17.1 Å². The highest BCUT2D eigenvalue weighted by atomic mass is 35.5. The van der Waals surface area contributed by atoms with Gasteiger partial charge >= 0.3 is 5.38 Å². The predicted molar refractivity (Wildman–Crippen MR) is 51.0 cm³/mol. The van der Waals surface area contributed by atoms with E-state index < -0.39 is 11.2 Å². The lowest BCUT2D eigenvalue weighted by Crippen LogP contribution is -2.21. The van der Waals surface area contributed by atoms with Crippen molar-refractivity contribution in [1.29, 1.82) is 0 Å². The van der Waals surface area contributed by atoms with Crippen LogP contribution in [0.2, 0.25) is 0 Å². The number of alkyl halides is 3. The maximum absolute atomic E-state index is 12.4. The second-order valence-corrected chi connectivity index (χ2v) is 3.35. The zero-order valence-corrected chi connectivity index (χ0v) is 8.31. The van der Waals surface area contributed by atoms with Crippen molar-refractivity contribution in [1.82, 2.24) is 0 Å². The summed E-state index contributed by atoms with van der Waals surface area (Å²) in [7, 11) is 0. The third-order valence-corrected chi connectivity index (χ3v) is 2.05. The van der Waals surface area contributed by atoms with E-state index in [-0.39, 0.29) is 5.56 Å². The Morgan fingerprint density at radius 1 is 1.36 bits per heavy atom. The molecule has 0 saturated heterocycles. The largest absolute Gasteiger partial charge is 0.384 e. The monoisotopic (exact) mass is 218 g/mol. The third kappa shape index (κ3) is 2.51. The Labute approximate surface area is 85.7 Å². The lowest BCUT2D eigenvalue weighted by molar-refractivity contribution is 0.0536. The van der Waals surface area contributed by atoms with Crippen molar-refractivity contribution in [3.8, 4) is 0 Å². The van der Waals surface area contributed by atoms with E-state index >= 15 is 0 Å². The summed E-state index contributed by atoms with van der Waals surface area (Å²) in [5, 5.41) is -3.81. The molecule has 1 aromatic rings. The smallest absolute Gasteiger partial charge is 0.286 e. The van der Waals surface area contributed by atoms with Gasteiger partial charge in [-0.1, -0.05) is 31.2 Å². The molecule has 0 bridgehead atoms. The molecular weight excluding hydrogens is 210 g/mol. The summed E-state index contributed by atoms with van der Waals surface area (Å²) in [4.78, 5) is 11.0. The van der Waals surface area contributed by atoms with Crippen LogP contribution in [0.1, 0.15) is 22.8 Å². The number of carbonyl (C=O) groups is 1. The molecule has 0 spiro atoms. The number of halogens is 3. The van der Waals surface area contributed by atoms with Crippen LogP contribution >= 0.6 is 11.6 Å². The minimum Gasteiger partial charge on any atom is -0.286 e. The molecule has 1 nitrogen and oxygen atoms in total. The Hall–Kier alpha value is -0.960. The number of rotatable bonds is 3. The van der Waals surface area contributed by atoms with E-state index in [2.05, 4.69) is 11.6 Å². The van der Waals surface area contributed by atoms with E-state index in [1.165, 1.54) is 12.1 Å². The molecule has 0 radical (unpaired) electrons. The molecule has 0 heterocycles. The standard InChI is InChI=1S/C10H9ClF2O/c1-2-7-3-5-8(6-4-7)9(14)10(11,12)13/h3-6H,2H2,1H3. The summed E-state index contributed by atoms with van der Waals surface area (Å²) in [6.45, 7) is 1.94. The molecule has 76 valence electrons. The molecular formula is C10H9ClF2O. The van der Waals surface area contributed by atoms with Crippen LogP contribution < -0.4 is 0 Å². The van der Waals surface area contributed by atoms with E-state index in [1.807, 2.05) is 6.92 Å². The Morgan fingerprint density at radius 2 is 1.86 bits per heavy atom. The first kappa shape index (κ1) is 11.1. The second-order valence-electron chi connectivity index (χ2n) is 2.88. The van der Waals surface area contributed by atoms with E-state index in [1.54, 1.807) is 12.1 Å². The molecule has 1 rings (SSSR count). The lowest BCUT2D eigenvalue weighted by atomic mass is 10.1. The van der Waals surface area contributed by atoms with Crippen molar-refractivity contribution in [2.45, 2.75) is 18.7 Å². The maximum atomic E-state index is 12.4. The fourth-order valence-electron chi connectivity index (χ4n) is 1.06. The second kappa shape index (κ2) is 4.05. The fraction of sp³-hybridized carbons (Fsp3) is 0.300. The van der Waals surface area contributed by atoms with E-state index in [0.717, 1.165) is 12.0 Å². The molecule has 0 N–H and O–H groups in total. The highest BCUT2D eigenvalue weighted by Crippen LogP contribution is 2.24. The van der Waals surface area contributed by atoms with Crippen LogP contribution in [-0.4, -0.2) is 11.2 Å². The predicted octanol–water partition coefficient (Wildman–Crippen LogP) is 3.26. The van der Waals surface area contributed by atoms with Crippen LogP contribution in [-0.2, 0) is 6.42 Å². The highest BCUT2D eigenvalue weighted by Gasteiger charge is 2.36. The summed E-state index contributed by atoms with van der Waals surface area (Å²) in [6, 6.07) is 5.99. The summed E-state index contributed by atoms with van der Waals surface area (Å²) in [5.74, 6) is -1.36. The van der Waals surface area contributed by atoms with Gasteiger partial charge in [0.25, 0.3) is 0 Å². The highest BCUT2D eigenvalue weighted by molar-refractivity contribution is 6.35. The van der Waals surface area contributed by atoms with Crippen LogP contribution in [0.3, 0.4) is 0 Å². The van der Waals surface area contributed by atoms with Crippen molar-refractivity contribution >= 4 is 17.4 Å². The first-order valence-corrected chi connectivity index (χ1v) is 4.53. The molecule has 0 aliphatic carbocycles. The number of ketones is 1. The quantitative estimate of drug-likeness (QED) is 0.562. The molecule has 14 heavy (non-hydrogen) atoms. The number of hydrogen-bond acceptors (Lipinski definition) is 1. The van der Waals surface area contributed by atoms with Gasteiger partial charge in [-0.2, -0.15) is 8.78 Å². The van der Waals surface area contributed by atoms with Gasteiger partial charge in [-0.3, -0.25) is 4.79 Å². The molecule has 4 heteroatoms. The zero-order valence-electron chi connectivity index (χ0n) is 7.56. The van der Waals surface area contributed by atoms with E-state index in [4.69, 9.17) is 0 Å². The van der Waals surface area contributed by atoms with Gasteiger partial charge in [-0.25, -0.2) is 0 Å². The number of carbonyl (C=O) groups excluding carboxylic acids is 1. The van der Waals surface area contributed by atoms with Crippen LogP contribution in [0.25, 0.3) is 0 Å². The van der Waals surface area contributed by atoms with Crippen LogP contribution in [0, 0.1) is 0 Å². The third-order valence-electron chi connectivity index (χ3n) is 1.88. The number of benzene rings is 1. The average molecular weight is 219 g/mol. The average Bonchev–Trinajstić information content (AvgIpc) is 2.15. The van der Waals surface area contributed by atoms with Gasteiger partial charge in [-0.05, 0) is 23.6 Å². The zero-order chi connectivity index (χ0) is 10.8. The molecule has 0 amide bonds. The van der Waals surface area contributed by atoms with Crippen LogP contribution in [0.15, 0.2) is 24.3 Å². The van der Waals surface area contributed by atoms with Crippen molar-refractivity contribution in [3.05, 3.63) is 35.4 Å². The summed E-state index contributed by atoms with van der Waals surface area (Å²) in [5.41, 5.74) is 0.918. The van der Waals surface area contributed by atoms with Gasteiger partial charge in [0.05, 0.1) is 0 Å². The van der Waals surface area contributed by atoms with Gasteiger partial charge in [0.1, 0.15) is 0 Å². The molecule has 1 aromatic carbocycles. The minimum atomic E-state index is -3.81. The van der Waals surface area contributed by atoms with Crippen molar-refractivity contribution < 1.29 is 13.6 Å². The van der Waals surface area contributed by atoms with Gasteiger partial charge in [-0.15, -0.1) is 0 Å². The van der Waals surface area contributed by atoms with E-state index in [0.29, 0.717) is 0 Å². The molecule has 0 fully saturated rings. The van der Waals surface area contributed by atoms with Crippen molar-refractivity contribution in [2.24, 2.45) is 0 Å². The van der Waals surface area contributed by atoms with Crippen molar-refractivity contribution in [3.63, 3.8) is 0 Å². The Morgan fingerprint density at radius 3 is 2.21 bits per heavy atom. The summed E-state index contributed by atoms with van der Waals surface area (Å²) < 4.78 is 24.8. The number of hydrogen-bond donors (Lipinski definition) is 0. The SMILES string of the molecule is CCc1ccc(C(=O)C(F)(F)Cl)cc1. The Kier molecular flexibility index (Phi) is 3.21. The van der Waals surface area contributed by atoms with Crippen LogP contribution in [0.5, 0.6) is 0 Å². The molecule has 0 aliphatic rings. The van der Waals surface area contributed by atoms with Gasteiger partial charge in [0, 0.05) is 5.56 Å². The minimum absolute atomic E-state index is 0.0674. The summed E-state index contributed by atoms with van der Waals surface area (Å²) >= 11 is 4.61. The van der Waals surface area contributed by atoms with Crippen molar-refractivity contribution in [2.75, 3.05) is 0 Å². The first-order chi connectivity index (χ1) is 6.45. The van der Waals surface area contributed by atoms with Gasteiger partial charge in [0.2, 0.25) is 5.78 Å². The number of Topliss-reactive ketones (excluding diaryl/α,β-unsaturated/α-hetero) is 1. The molecule has 0 unspecified atom stereocenters. The fourth-order valence-corrected chi connectivity index (χ4v) is 1.16.